The van der Waals surface area contributed by atoms with Gasteiger partial charge in [-0.25, -0.2) is 26.3 Å². The molecule has 1 aliphatic carbocycles. The summed E-state index contributed by atoms with van der Waals surface area (Å²) in [5.74, 6) is -2.12. The third-order valence-electron chi connectivity index (χ3n) is 6.02. The minimum Gasteiger partial charge on any atom is -0.340 e. The molecular weight excluding hydrogens is 429 g/mol. The van der Waals surface area contributed by atoms with Crippen molar-refractivity contribution in [2.24, 2.45) is 5.92 Å². The van der Waals surface area contributed by atoms with Crippen molar-refractivity contribution >= 4 is 15.9 Å². The van der Waals surface area contributed by atoms with E-state index in [-0.39, 0.29) is 42.8 Å². The van der Waals surface area contributed by atoms with E-state index in [2.05, 4.69) is 4.72 Å². The van der Waals surface area contributed by atoms with Crippen molar-refractivity contribution in [3.8, 4) is 11.1 Å². The SMILES string of the molecule is CS(=O)(=O)N[C@]1(CF)CCN(C(=O)[C@@H]2C[C@H]2c2ccccc2-c2c(F)cccc2F)C1. The number of halogens is 3. The van der Waals surface area contributed by atoms with Crippen LogP contribution in [-0.4, -0.2) is 50.8 Å². The van der Waals surface area contributed by atoms with Crippen LogP contribution in [0.3, 0.4) is 0 Å². The molecule has 3 atom stereocenters. The van der Waals surface area contributed by atoms with Crippen LogP contribution >= 0.6 is 0 Å². The summed E-state index contributed by atoms with van der Waals surface area (Å²) in [6.07, 6.45) is 1.67. The molecule has 2 aromatic rings. The van der Waals surface area contributed by atoms with Gasteiger partial charge in [0, 0.05) is 19.0 Å². The molecule has 2 fully saturated rings. The van der Waals surface area contributed by atoms with E-state index in [0.29, 0.717) is 17.5 Å². The number of carbonyl (C=O) groups is 1. The lowest BCUT2D eigenvalue weighted by Gasteiger charge is -2.26. The van der Waals surface area contributed by atoms with E-state index in [1.165, 1.54) is 23.1 Å². The third kappa shape index (κ3) is 4.34. The van der Waals surface area contributed by atoms with Crippen molar-refractivity contribution in [3.63, 3.8) is 0 Å². The summed E-state index contributed by atoms with van der Waals surface area (Å²) < 4.78 is 67.9. The Morgan fingerprint density at radius 1 is 1.16 bits per heavy atom. The second-order valence-electron chi connectivity index (χ2n) is 8.43. The molecule has 1 aliphatic heterocycles. The van der Waals surface area contributed by atoms with Crippen LogP contribution in [-0.2, 0) is 14.8 Å². The molecule has 1 saturated heterocycles. The highest BCUT2D eigenvalue weighted by Gasteiger charge is 2.50. The highest BCUT2D eigenvalue weighted by molar-refractivity contribution is 7.88. The molecule has 2 aliphatic rings. The Morgan fingerprint density at radius 2 is 1.84 bits per heavy atom. The molecule has 0 spiro atoms. The first kappa shape index (κ1) is 21.8. The molecule has 4 rings (SSSR count). The van der Waals surface area contributed by atoms with Crippen molar-refractivity contribution in [2.75, 3.05) is 26.0 Å². The lowest BCUT2D eigenvalue weighted by atomic mass is 9.95. The Hall–Kier alpha value is -2.39. The Bertz CT molecular complexity index is 1100. The van der Waals surface area contributed by atoms with Crippen LogP contribution in [0, 0.1) is 17.6 Å². The smallest absolute Gasteiger partial charge is 0.226 e. The van der Waals surface area contributed by atoms with E-state index in [9.17, 15) is 26.4 Å². The van der Waals surface area contributed by atoms with Gasteiger partial charge in [0.05, 0.1) is 17.4 Å². The van der Waals surface area contributed by atoms with Gasteiger partial charge in [0.25, 0.3) is 0 Å². The minimum atomic E-state index is -3.63. The zero-order valence-corrected chi connectivity index (χ0v) is 17.8. The van der Waals surface area contributed by atoms with Gasteiger partial charge < -0.3 is 4.90 Å². The molecule has 1 saturated carbocycles. The molecule has 1 amide bonds. The average molecular weight is 452 g/mol. The van der Waals surface area contributed by atoms with Gasteiger partial charge in [-0.15, -0.1) is 0 Å². The van der Waals surface area contributed by atoms with Gasteiger partial charge in [-0.05, 0) is 42.0 Å². The summed E-state index contributed by atoms with van der Waals surface area (Å²) in [5, 5.41) is 0. The standard InChI is InChI=1S/C22H23F3N2O3S/c1-31(29,30)26-22(12-23)9-10-27(13-22)21(28)17-11-16(17)14-5-2-3-6-15(14)20-18(24)7-4-8-19(20)25/h2-8,16-17,26H,9-13H2,1H3/t16-,17+,22-/m0/s1. The summed E-state index contributed by atoms with van der Waals surface area (Å²) in [5.41, 5.74) is -0.320. The van der Waals surface area contributed by atoms with Crippen molar-refractivity contribution in [2.45, 2.75) is 24.3 Å². The number of nitrogens with one attached hydrogen (secondary N) is 1. The maximum atomic E-state index is 14.4. The summed E-state index contributed by atoms with van der Waals surface area (Å²) in [7, 11) is -3.63. The maximum absolute atomic E-state index is 14.4. The third-order valence-corrected chi connectivity index (χ3v) is 6.83. The molecule has 9 heteroatoms. The number of benzene rings is 2. The lowest BCUT2D eigenvalue weighted by Crippen LogP contribution is -2.52. The summed E-state index contributed by atoms with van der Waals surface area (Å²) in [6.45, 7) is -0.701. The molecule has 0 radical (unpaired) electrons. The number of carbonyl (C=O) groups excluding carboxylic acids is 1. The number of rotatable bonds is 6. The average Bonchev–Trinajstić information content (AvgIpc) is 3.40. The number of amides is 1. The van der Waals surface area contributed by atoms with Crippen LogP contribution < -0.4 is 4.72 Å². The van der Waals surface area contributed by atoms with E-state index in [4.69, 9.17) is 0 Å². The Labute approximate surface area is 179 Å². The topological polar surface area (TPSA) is 66.5 Å². The summed E-state index contributed by atoms with van der Waals surface area (Å²) in [6, 6.07) is 10.5. The van der Waals surface area contributed by atoms with Crippen molar-refractivity contribution < 1.29 is 26.4 Å². The zero-order valence-electron chi connectivity index (χ0n) is 16.9. The minimum absolute atomic E-state index is 0.0395. The van der Waals surface area contributed by atoms with E-state index < -0.39 is 33.9 Å². The van der Waals surface area contributed by atoms with Crippen LogP contribution in [0.5, 0.6) is 0 Å². The van der Waals surface area contributed by atoms with Crippen molar-refractivity contribution in [1.82, 2.24) is 9.62 Å². The number of hydrogen-bond donors (Lipinski definition) is 1. The van der Waals surface area contributed by atoms with Crippen molar-refractivity contribution in [3.05, 3.63) is 59.7 Å². The second kappa shape index (κ2) is 7.94. The summed E-state index contributed by atoms with van der Waals surface area (Å²) >= 11 is 0. The predicted octanol–water partition coefficient (Wildman–Crippen LogP) is 3.23. The number of nitrogens with zero attached hydrogens (tertiary/aromatic N) is 1. The van der Waals surface area contributed by atoms with Crippen LogP contribution in [0.1, 0.15) is 24.3 Å². The number of likely N-dealkylation sites (tertiary alicyclic amines) is 1. The van der Waals surface area contributed by atoms with Crippen LogP contribution in [0.15, 0.2) is 42.5 Å². The lowest BCUT2D eigenvalue weighted by molar-refractivity contribution is -0.131. The first-order chi connectivity index (χ1) is 14.6. The fourth-order valence-corrected chi connectivity index (χ4v) is 5.53. The second-order valence-corrected chi connectivity index (χ2v) is 10.2. The quantitative estimate of drug-likeness (QED) is 0.732. The summed E-state index contributed by atoms with van der Waals surface area (Å²) in [4.78, 5) is 14.5. The van der Waals surface area contributed by atoms with Crippen molar-refractivity contribution in [1.29, 1.82) is 0 Å². The van der Waals surface area contributed by atoms with E-state index in [1.807, 2.05) is 0 Å². The highest BCUT2D eigenvalue weighted by Crippen LogP contribution is 2.52. The molecule has 2 aromatic carbocycles. The molecule has 1 N–H and O–H groups in total. The van der Waals surface area contributed by atoms with Gasteiger partial charge in [0.2, 0.25) is 15.9 Å². The Kier molecular flexibility index (Phi) is 5.59. The number of sulfonamides is 1. The molecule has 0 bridgehead atoms. The molecular formula is C22H23F3N2O3S. The van der Waals surface area contributed by atoms with Gasteiger partial charge in [0.15, 0.2) is 0 Å². The van der Waals surface area contributed by atoms with Crippen LogP contribution in [0.2, 0.25) is 0 Å². The van der Waals surface area contributed by atoms with E-state index in [1.54, 1.807) is 24.3 Å². The Morgan fingerprint density at radius 3 is 2.48 bits per heavy atom. The molecule has 0 aromatic heterocycles. The fraction of sp³-hybridized carbons (Fsp3) is 0.409. The normalized spacial score (nSPS) is 25.6. The van der Waals surface area contributed by atoms with Crippen LogP contribution in [0.25, 0.3) is 11.1 Å². The van der Waals surface area contributed by atoms with Gasteiger partial charge in [-0.1, -0.05) is 30.3 Å². The molecule has 31 heavy (non-hydrogen) atoms. The number of alkyl halides is 1. The first-order valence-electron chi connectivity index (χ1n) is 10.0. The predicted molar refractivity (Wildman–Crippen MR) is 111 cm³/mol. The molecule has 5 nitrogen and oxygen atoms in total. The van der Waals surface area contributed by atoms with Gasteiger partial charge in [-0.2, -0.15) is 0 Å². The maximum Gasteiger partial charge on any atom is 0.226 e. The van der Waals surface area contributed by atoms with E-state index >= 15 is 0 Å². The number of hydrogen-bond acceptors (Lipinski definition) is 3. The highest BCUT2D eigenvalue weighted by atomic mass is 32.2. The first-order valence-corrected chi connectivity index (χ1v) is 11.9. The molecule has 0 unspecified atom stereocenters. The van der Waals surface area contributed by atoms with Crippen LogP contribution in [0.4, 0.5) is 13.2 Å². The van der Waals surface area contributed by atoms with E-state index in [0.717, 1.165) is 6.26 Å². The monoisotopic (exact) mass is 452 g/mol. The van der Waals surface area contributed by atoms with Gasteiger partial charge >= 0.3 is 0 Å². The van der Waals surface area contributed by atoms with Gasteiger partial charge in [0.1, 0.15) is 18.3 Å². The Balaban J connectivity index is 1.54. The zero-order chi connectivity index (χ0) is 22.4. The molecule has 1 heterocycles. The van der Waals surface area contributed by atoms with Gasteiger partial charge in [-0.3, -0.25) is 4.79 Å². The fourth-order valence-electron chi connectivity index (χ4n) is 4.52. The largest absolute Gasteiger partial charge is 0.340 e. The molecule has 166 valence electrons.